The monoisotopic (exact) mass is 370 g/mol. The third kappa shape index (κ3) is 4.88. The van der Waals surface area contributed by atoms with Gasteiger partial charge in [-0.25, -0.2) is 0 Å². The van der Waals surface area contributed by atoms with Gasteiger partial charge in [0, 0.05) is 6.54 Å². The van der Waals surface area contributed by atoms with Crippen LogP contribution in [0.3, 0.4) is 0 Å². The Bertz CT molecular complexity index is 692. The maximum absolute atomic E-state index is 12.4. The first kappa shape index (κ1) is 19.1. The van der Waals surface area contributed by atoms with Crippen LogP contribution in [0.1, 0.15) is 26.3 Å². The highest BCUT2D eigenvalue weighted by Crippen LogP contribution is 2.31. The fourth-order valence-corrected chi connectivity index (χ4v) is 2.61. The van der Waals surface area contributed by atoms with Gasteiger partial charge in [0.2, 0.25) is 0 Å². The van der Waals surface area contributed by atoms with Gasteiger partial charge in [-0.2, -0.15) is 8.78 Å². The largest absolute Gasteiger partial charge is 0.490 e. The summed E-state index contributed by atoms with van der Waals surface area (Å²) in [5.41, 5.74) is 0.936. The van der Waals surface area contributed by atoms with Gasteiger partial charge in [0.05, 0.1) is 6.61 Å². The number of hydrogen-bond acceptors (Lipinski definition) is 4. The molecular weight excluding hydrogens is 350 g/mol. The highest BCUT2D eigenvalue weighted by atomic mass is 32.1. The van der Waals surface area contributed by atoms with E-state index in [0.29, 0.717) is 29.5 Å². The van der Waals surface area contributed by atoms with Crippen LogP contribution in [0.2, 0.25) is 0 Å². The first-order chi connectivity index (χ1) is 11.8. The number of carbonyl (C=O) groups excluding carboxylic acids is 1. The summed E-state index contributed by atoms with van der Waals surface area (Å²) in [5.74, 6) is 0.189. The number of alkyl halides is 2. The minimum Gasteiger partial charge on any atom is -0.490 e. The molecule has 1 fully saturated rings. The molecule has 0 aliphatic carbocycles. The quantitative estimate of drug-likeness (QED) is 0.589. The summed E-state index contributed by atoms with van der Waals surface area (Å²) >= 11 is 5.19. The molecule has 1 aliphatic rings. The summed E-state index contributed by atoms with van der Waals surface area (Å²) in [4.78, 5) is 13.9. The number of rotatable bonds is 7. The third-order valence-electron chi connectivity index (χ3n) is 3.30. The van der Waals surface area contributed by atoms with Crippen LogP contribution in [0.5, 0.6) is 11.5 Å². The van der Waals surface area contributed by atoms with Gasteiger partial charge in [-0.05, 0) is 48.8 Å². The van der Waals surface area contributed by atoms with E-state index < -0.39 is 6.61 Å². The van der Waals surface area contributed by atoms with Crippen LogP contribution in [-0.2, 0) is 4.79 Å². The Morgan fingerprint density at radius 3 is 2.64 bits per heavy atom. The van der Waals surface area contributed by atoms with Gasteiger partial charge in [-0.15, -0.1) is 0 Å². The third-order valence-corrected chi connectivity index (χ3v) is 3.63. The van der Waals surface area contributed by atoms with E-state index in [-0.39, 0.29) is 23.3 Å². The lowest BCUT2D eigenvalue weighted by Crippen LogP contribution is -2.33. The predicted molar refractivity (Wildman–Crippen MR) is 94.5 cm³/mol. The molecule has 0 aromatic heterocycles. The van der Waals surface area contributed by atoms with Crippen LogP contribution in [0.15, 0.2) is 23.9 Å². The van der Waals surface area contributed by atoms with Gasteiger partial charge in [0.1, 0.15) is 5.70 Å². The highest BCUT2D eigenvalue weighted by molar-refractivity contribution is 7.80. The zero-order chi connectivity index (χ0) is 18.6. The average Bonchev–Trinajstić information content (AvgIpc) is 2.77. The van der Waals surface area contributed by atoms with Crippen LogP contribution < -0.4 is 14.8 Å². The van der Waals surface area contributed by atoms with Crippen molar-refractivity contribution >= 4 is 29.3 Å². The smallest absolute Gasteiger partial charge is 0.387 e. The van der Waals surface area contributed by atoms with Gasteiger partial charge in [0.25, 0.3) is 5.91 Å². The Morgan fingerprint density at radius 1 is 1.32 bits per heavy atom. The van der Waals surface area contributed by atoms with Crippen LogP contribution in [0.25, 0.3) is 6.08 Å². The van der Waals surface area contributed by atoms with Gasteiger partial charge in [-0.3, -0.25) is 9.69 Å². The standard InChI is InChI=1S/C17H20F2N2O3S/c1-4-23-14-8-11(5-6-13(14)24-16(18)19)7-12-15(22)21(9-10(2)3)17(25)20-12/h5-8,10,16H,4,9H2,1-3H3,(H,20,25)/b12-7+. The van der Waals surface area contributed by atoms with E-state index in [2.05, 4.69) is 10.1 Å². The highest BCUT2D eigenvalue weighted by Gasteiger charge is 2.30. The summed E-state index contributed by atoms with van der Waals surface area (Å²) in [6.07, 6.45) is 1.60. The molecule has 8 heteroatoms. The van der Waals surface area contributed by atoms with E-state index >= 15 is 0 Å². The van der Waals surface area contributed by atoms with E-state index in [1.807, 2.05) is 13.8 Å². The lowest BCUT2D eigenvalue weighted by atomic mass is 10.1. The van der Waals surface area contributed by atoms with E-state index in [0.717, 1.165) is 0 Å². The molecule has 136 valence electrons. The second-order valence-electron chi connectivity index (χ2n) is 5.82. The fraction of sp³-hybridized carbons (Fsp3) is 0.412. The Hall–Kier alpha value is -2.22. The van der Waals surface area contributed by atoms with Crippen molar-refractivity contribution in [3.63, 3.8) is 0 Å². The summed E-state index contributed by atoms with van der Waals surface area (Å²) in [6, 6.07) is 4.49. The molecule has 1 amide bonds. The molecular formula is C17H20F2N2O3S. The molecule has 1 aliphatic heterocycles. The molecule has 0 spiro atoms. The lowest BCUT2D eigenvalue weighted by Gasteiger charge is -2.16. The van der Waals surface area contributed by atoms with Crippen molar-refractivity contribution in [1.82, 2.24) is 10.2 Å². The first-order valence-corrected chi connectivity index (χ1v) is 8.28. The SMILES string of the molecule is CCOc1cc(/C=C2/NC(=S)N(CC(C)C)C2=O)ccc1OC(F)F. The number of ether oxygens (including phenoxy) is 2. The van der Waals surface area contributed by atoms with E-state index in [9.17, 15) is 13.6 Å². The van der Waals surface area contributed by atoms with Crippen molar-refractivity contribution in [3.8, 4) is 11.5 Å². The molecule has 0 radical (unpaired) electrons. The number of thiocarbonyl (C=S) groups is 1. The van der Waals surface area contributed by atoms with Crippen LogP contribution in [-0.4, -0.2) is 35.7 Å². The molecule has 0 saturated carbocycles. The zero-order valence-electron chi connectivity index (χ0n) is 14.2. The summed E-state index contributed by atoms with van der Waals surface area (Å²) < 4.78 is 34.7. The molecule has 0 unspecified atom stereocenters. The second kappa shape index (κ2) is 8.24. The molecule has 0 atom stereocenters. The Labute approximate surface area is 150 Å². The summed E-state index contributed by atoms with van der Waals surface area (Å²) in [5, 5.41) is 3.24. The van der Waals surface area contributed by atoms with Crippen molar-refractivity contribution in [2.75, 3.05) is 13.2 Å². The normalized spacial score (nSPS) is 16.1. The number of hydrogen-bond donors (Lipinski definition) is 1. The number of nitrogens with one attached hydrogen (secondary N) is 1. The zero-order valence-corrected chi connectivity index (χ0v) is 15.0. The van der Waals surface area contributed by atoms with Crippen molar-refractivity contribution in [1.29, 1.82) is 0 Å². The maximum Gasteiger partial charge on any atom is 0.387 e. The van der Waals surface area contributed by atoms with Crippen LogP contribution in [0.4, 0.5) is 8.78 Å². The van der Waals surface area contributed by atoms with Crippen LogP contribution in [0, 0.1) is 5.92 Å². The molecule has 1 heterocycles. The van der Waals surface area contributed by atoms with Crippen LogP contribution >= 0.6 is 12.2 Å². The first-order valence-electron chi connectivity index (χ1n) is 7.88. The van der Waals surface area contributed by atoms with E-state index in [1.165, 1.54) is 17.0 Å². The molecule has 2 rings (SSSR count). The molecule has 5 nitrogen and oxygen atoms in total. The Kier molecular flexibility index (Phi) is 6.30. The number of nitrogens with zero attached hydrogens (tertiary/aromatic N) is 1. The minimum atomic E-state index is -2.94. The predicted octanol–water partition coefficient (Wildman–Crippen LogP) is 3.40. The van der Waals surface area contributed by atoms with Gasteiger partial charge < -0.3 is 14.8 Å². The Balaban J connectivity index is 2.27. The van der Waals surface area contributed by atoms with E-state index in [4.69, 9.17) is 17.0 Å². The van der Waals surface area contributed by atoms with Gasteiger partial charge in [0.15, 0.2) is 16.6 Å². The molecule has 1 saturated heterocycles. The molecule has 1 N–H and O–H groups in total. The molecule has 0 bridgehead atoms. The van der Waals surface area contributed by atoms with Crippen molar-refractivity contribution < 1.29 is 23.0 Å². The second-order valence-corrected chi connectivity index (χ2v) is 6.20. The van der Waals surface area contributed by atoms with E-state index in [1.54, 1.807) is 19.1 Å². The van der Waals surface area contributed by atoms with Crippen molar-refractivity contribution in [3.05, 3.63) is 29.5 Å². The summed E-state index contributed by atoms with van der Waals surface area (Å²) in [6.45, 7) is 3.60. The maximum atomic E-state index is 12.4. The van der Waals surface area contributed by atoms with Crippen molar-refractivity contribution in [2.45, 2.75) is 27.4 Å². The topological polar surface area (TPSA) is 50.8 Å². The van der Waals surface area contributed by atoms with Gasteiger partial charge >= 0.3 is 6.61 Å². The minimum absolute atomic E-state index is 0.0540. The summed E-state index contributed by atoms with van der Waals surface area (Å²) in [7, 11) is 0. The molecule has 25 heavy (non-hydrogen) atoms. The van der Waals surface area contributed by atoms with Gasteiger partial charge in [-0.1, -0.05) is 19.9 Å². The number of amides is 1. The number of halogens is 2. The lowest BCUT2D eigenvalue weighted by molar-refractivity contribution is -0.122. The number of benzene rings is 1. The molecule has 1 aromatic carbocycles. The number of carbonyl (C=O) groups is 1. The molecule has 1 aromatic rings. The van der Waals surface area contributed by atoms with Crippen molar-refractivity contribution in [2.24, 2.45) is 5.92 Å². The Morgan fingerprint density at radius 2 is 2.04 bits per heavy atom. The fourth-order valence-electron chi connectivity index (χ4n) is 2.35. The average molecular weight is 370 g/mol.